The van der Waals surface area contributed by atoms with Gasteiger partial charge in [-0.3, -0.25) is 4.79 Å². The van der Waals surface area contributed by atoms with Crippen LogP contribution in [-0.2, 0) is 14.9 Å². The maximum Gasteiger partial charge on any atom is 0.309 e. The van der Waals surface area contributed by atoms with Crippen LogP contribution in [0.4, 0.5) is 5.82 Å². The summed E-state index contributed by atoms with van der Waals surface area (Å²) in [6.07, 6.45) is 4.14. The fraction of sp³-hybridized carbons (Fsp3) is 0.300. The molecule has 0 unspecified atom stereocenters. The SMILES string of the molecule is CCCS(=O)(=O)Oc1ccc(-c2cc(NC(=O)C3CC3)nc3[nH]ccc23)cc1. The number of pyridine rings is 1. The fourth-order valence-corrected chi connectivity index (χ4v) is 4.03. The van der Waals surface area contributed by atoms with E-state index in [1.165, 1.54) is 0 Å². The summed E-state index contributed by atoms with van der Waals surface area (Å²) in [5.74, 6) is 0.833. The van der Waals surface area contributed by atoms with Gasteiger partial charge in [-0.05, 0) is 54.7 Å². The number of H-pyrrole nitrogens is 1. The van der Waals surface area contributed by atoms with E-state index in [9.17, 15) is 13.2 Å². The van der Waals surface area contributed by atoms with Crippen molar-refractivity contribution < 1.29 is 17.4 Å². The van der Waals surface area contributed by atoms with E-state index in [1.807, 2.05) is 12.1 Å². The molecule has 1 fully saturated rings. The Morgan fingerprint density at radius 2 is 2.00 bits per heavy atom. The summed E-state index contributed by atoms with van der Waals surface area (Å²) in [5.41, 5.74) is 2.43. The third-order valence-corrected chi connectivity index (χ3v) is 5.93. The third-order valence-electron chi connectivity index (χ3n) is 4.57. The molecule has 8 heteroatoms. The van der Waals surface area contributed by atoms with Crippen LogP contribution >= 0.6 is 0 Å². The van der Waals surface area contributed by atoms with Crippen molar-refractivity contribution in [3.63, 3.8) is 0 Å². The smallest absolute Gasteiger partial charge is 0.309 e. The van der Waals surface area contributed by atoms with Crippen LogP contribution in [0.5, 0.6) is 5.75 Å². The Morgan fingerprint density at radius 1 is 1.25 bits per heavy atom. The van der Waals surface area contributed by atoms with Gasteiger partial charge in [0.15, 0.2) is 0 Å². The van der Waals surface area contributed by atoms with Crippen molar-refractivity contribution in [1.29, 1.82) is 0 Å². The predicted molar refractivity (Wildman–Crippen MR) is 108 cm³/mol. The van der Waals surface area contributed by atoms with Crippen LogP contribution in [0.2, 0.25) is 0 Å². The molecule has 2 N–H and O–H groups in total. The molecule has 146 valence electrons. The highest BCUT2D eigenvalue weighted by atomic mass is 32.2. The van der Waals surface area contributed by atoms with Crippen LogP contribution in [0.15, 0.2) is 42.6 Å². The van der Waals surface area contributed by atoms with E-state index in [0.29, 0.717) is 17.9 Å². The summed E-state index contributed by atoms with van der Waals surface area (Å²) >= 11 is 0. The number of nitrogens with one attached hydrogen (secondary N) is 2. The molecule has 0 radical (unpaired) electrons. The van der Waals surface area contributed by atoms with Crippen molar-refractivity contribution in [2.45, 2.75) is 26.2 Å². The largest absolute Gasteiger partial charge is 0.382 e. The average molecular weight is 399 g/mol. The molecular formula is C20H21N3O4S. The number of carbonyl (C=O) groups excluding carboxylic acids is 1. The molecule has 1 aliphatic rings. The number of amides is 1. The van der Waals surface area contributed by atoms with Crippen molar-refractivity contribution in [2.24, 2.45) is 5.92 Å². The number of fused-ring (bicyclic) bond motifs is 1. The van der Waals surface area contributed by atoms with Crippen molar-refractivity contribution in [1.82, 2.24) is 9.97 Å². The first-order valence-corrected chi connectivity index (χ1v) is 10.8. The van der Waals surface area contributed by atoms with Crippen molar-refractivity contribution in [3.8, 4) is 16.9 Å². The van der Waals surface area contributed by atoms with Crippen LogP contribution in [0.25, 0.3) is 22.2 Å². The summed E-state index contributed by atoms with van der Waals surface area (Å²) in [6, 6.07) is 10.6. The van der Waals surface area contributed by atoms with Gasteiger partial charge in [0.25, 0.3) is 0 Å². The van der Waals surface area contributed by atoms with Gasteiger partial charge in [0.2, 0.25) is 5.91 Å². The average Bonchev–Trinajstić information content (AvgIpc) is 3.40. The van der Waals surface area contributed by atoms with E-state index in [1.54, 1.807) is 37.4 Å². The number of hydrogen-bond acceptors (Lipinski definition) is 5. The molecular weight excluding hydrogens is 378 g/mol. The van der Waals surface area contributed by atoms with E-state index in [4.69, 9.17) is 4.18 Å². The number of hydrogen-bond donors (Lipinski definition) is 2. The summed E-state index contributed by atoms with van der Waals surface area (Å²) in [6.45, 7) is 1.79. The Hall–Kier alpha value is -2.87. The summed E-state index contributed by atoms with van der Waals surface area (Å²) in [7, 11) is -3.57. The molecule has 1 amide bonds. The zero-order valence-electron chi connectivity index (χ0n) is 15.4. The molecule has 4 rings (SSSR count). The first-order chi connectivity index (χ1) is 13.4. The number of carbonyl (C=O) groups is 1. The lowest BCUT2D eigenvalue weighted by Gasteiger charge is -2.10. The Labute approximate surface area is 163 Å². The number of aromatic amines is 1. The van der Waals surface area contributed by atoms with E-state index >= 15 is 0 Å². The van der Waals surface area contributed by atoms with Crippen LogP contribution in [0.1, 0.15) is 26.2 Å². The van der Waals surface area contributed by atoms with Gasteiger partial charge in [0.1, 0.15) is 17.2 Å². The van der Waals surface area contributed by atoms with Gasteiger partial charge in [0.05, 0.1) is 5.75 Å². The van der Waals surface area contributed by atoms with Crippen LogP contribution < -0.4 is 9.50 Å². The van der Waals surface area contributed by atoms with Crippen molar-refractivity contribution in [3.05, 3.63) is 42.6 Å². The normalized spacial score (nSPS) is 14.2. The van der Waals surface area contributed by atoms with Crippen LogP contribution in [0, 0.1) is 5.92 Å². The van der Waals surface area contributed by atoms with Crippen molar-refractivity contribution in [2.75, 3.05) is 11.1 Å². The van der Waals surface area contributed by atoms with Gasteiger partial charge in [-0.1, -0.05) is 19.1 Å². The standard InChI is InChI=1S/C20H21N3O4S/c1-2-11-28(25,26)27-15-7-5-13(6-8-15)17-12-18(23-20(24)14-3-4-14)22-19-16(17)9-10-21-19/h5-10,12,14H,2-4,11H2,1H3,(H2,21,22,23,24). The van der Waals surface area contributed by atoms with Gasteiger partial charge >= 0.3 is 10.1 Å². The molecule has 0 bridgehead atoms. The summed E-state index contributed by atoms with van der Waals surface area (Å²) in [4.78, 5) is 19.6. The molecule has 2 aromatic heterocycles. The van der Waals surface area contributed by atoms with Crippen LogP contribution in [0.3, 0.4) is 0 Å². The Bertz CT molecular complexity index is 1120. The topological polar surface area (TPSA) is 101 Å². The number of rotatable bonds is 7. The van der Waals surface area contributed by atoms with E-state index in [2.05, 4.69) is 15.3 Å². The lowest BCUT2D eigenvalue weighted by molar-refractivity contribution is -0.117. The second-order valence-electron chi connectivity index (χ2n) is 6.93. The van der Waals surface area contributed by atoms with Crippen LogP contribution in [-0.4, -0.2) is 30.0 Å². The summed E-state index contributed by atoms with van der Waals surface area (Å²) in [5, 5.41) is 3.79. The molecule has 1 aromatic carbocycles. The molecule has 7 nitrogen and oxygen atoms in total. The zero-order valence-corrected chi connectivity index (χ0v) is 16.3. The second kappa shape index (κ2) is 7.27. The van der Waals surface area contributed by atoms with Gasteiger partial charge in [-0.15, -0.1) is 0 Å². The molecule has 0 spiro atoms. The number of aromatic nitrogens is 2. The maximum atomic E-state index is 12.1. The molecule has 0 atom stereocenters. The minimum absolute atomic E-state index is 0.00534. The molecule has 0 saturated heterocycles. The molecule has 1 saturated carbocycles. The first-order valence-electron chi connectivity index (χ1n) is 9.27. The number of nitrogens with zero attached hydrogens (tertiary/aromatic N) is 1. The van der Waals surface area contributed by atoms with E-state index in [0.717, 1.165) is 29.4 Å². The molecule has 28 heavy (non-hydrogen) atoms. The van der Waals surface area contributed by atoms with Gasteiger partial charge in [-0.2, -0.15) is 8.42 Å². The molecule has 0 aliphatic heterocycles. The second-order valence-corrected chi connectivity index (χ2v) is 8.62. The van der Waals surface area contributed by atoms with Gasteiger partial charge in [0, 0.05) is 17.5 Å². The van der Waals surface area contributed by atoms with Crippen molar-refractivity contribution >= 4 is 32.9 Å². The van der Waals surface area contributed by atoms with Gasteiger partial charge < -0.3 is 14.5 Å². The monoisotopic (exact) mass is 399 g/mol. The highest BCUT2D eigenvalue weighted by molar-refractivity contribution is 7.87. The Morgan fingerprint density at radius 3 is 2.68 bits per heavy atom. The number of benzene rings is 1. The zero-order chi connectivity index (χ0) is 19.7. The Kier molecular flexibility index (Phi) is 4.80. The molecule has 1 aliphatic carbocycles. The summed E-state index contributed by atoms with van der Waals surface area (Å²) < 4.78 is 28.8. The van der Waals surface area contributed by atoms with Gasteiger partial charge in [-0.25, -0.2) is 4.98 Å². The lowest BCUT2D eigenvalue weighted by atomic mass is 10.0. The first kappa shape index (κ1) is 18.5. The molecule has 3 aromatic rings. The predicted octanol–water partition coefficient (Wildman–Crippen LogP) is 3.70. The number of anilines is 1. The minimum Gasteiger partial charge on any atom is -0.382 e. The third kappa shape index (κ3) is 4.01. The fourth-order valence-electron chi connectivity index (χ4n) is 3.04. The van der Waals surface area contributed by atoms with E-state index in [-0.39, 0.29) is 23.3 Å². The quantitative estimate of drug-likeness (QED) is 0.590. The maximum absolute atomic E-state index is 12.1. The Balaban J connectivity index is 1.64. The highest BCUT2D eigenvalue weighted by Crippen LogP contribution is 2.33. The molecule has 2 heterocycles. The van der Waals surface area contributed by atoms with E-state index < -0.39 is 10.1 Å². The lowest BCUT2D eigenvalue weighted by Crippen LogP contribution is -2.14. The highest BCUT2D eigenvalue weighted by Gasteiger charge is 2.30. The minimum atomic E-state index is -3.57.